The average molecular weight is 421 g/mol. The first-order chi connectivity index (χ1) is 15.1. The van der Waals surface area contributed by atoms with Crippen molar-refractivity contribution >= 4 is 22.8 Å². The number of benzene rings is 1. The number of carbonyl (C=O) groups is 2. The van der Waals surface area contributed by atoms with Gasteiger partial charge in [-0.1, -0.05) is 18.6 Å². The molecule has 162 valence electrons. The number of rotatable bonds is 8. The van der Waals surface area contributed by atoms with Gasteiger partial charge in [0, 0.05) is 39.0 Å². The third-order valence-corrected chi connectivity index (χ3v) is 5.84. The van der Waals surface area contributed by atoms with Gasteiger partial charge < -0.3 is 14.8 Å². The van der Waals surface area contributed by atoms with Gasteiger partial charge in [0.15, 0.2) is 0 Å². The van der Waals surface area contributed by atoms with Crippen molar-refractivity contribution in [1.29, 1.82) is 0 Å². The normalized spacial score (nSPS) is 16.0. The molecule has 0 unspecified atom stereocenters. The van der Waals surface area contributed by atoms with Gasteiger partial charge in [0.05, 0.1) is 23.3 Å². The van der Waals surface area contributed by atoms with Crippen molar-refractivity contribution in [3.8, 4) is 0 Å². The molecule has 0 bridgehead atoms. The fraction of sp³-hybridized carbons (Fsp3) is 0.435. The van der Waals surface area contributed by atoms with Crippen molar-refractivity contribution in [3.63, 3.8) is 0 Å². The van der Waals surface area contributed by atoms with Crippen molar-refractivity contribution in [2.75, 3.05) is 13.1 Å². The Morgan fingerprint density at radius 2 is 2.03 bits per heavy atom. The number of imidazole rings is 1. The van der Waals surface area contributed by atoms with Gasteiger partial charge in [-0.3, -0.25) is 14.6 Å². The van der Waals surface area contributed by atoms with E-state index in [0.717, 1.165) is 55.5 Å². The molecule has 1 saturated heterocycles. The molecule has 0 aliphatic carbocycles. The lowest BCUT2D eigenvalue weighted by Gasteiger charge is -2.24. The lowest BCUT2D eigenvalue weighted by molar-refractivity contribution is -0.132. The molecule has 0 spiro atoms. The monoisotopic (exact) mass is 420 g/mol. The largest absolute Gasteiger partial charge is 0.351 e. The average Bonchev–Trinajstić information content (AvgIpc) is 3.41. The molecular weight excluding hydrogens is 392 g/mol. The molecule has 3 heterocycles. The van der Waals surface area contributed by atoms with Gasteiger partial charge in [-0.15, -0.1) is 0 Å². The number of unbranched alkanes of at least 4 members (excludes halogenated alkanes) is 2. The van der Waals surface area contributed by atoms with E-state index in [1.807, 2.05) is 30.1 Å². The maximum absolute atomic E-state index is 12.9. The van der Waals surface area contributed by atoms with Crippen molar-refractivity contribution in [1.82, 2.24) is 29.7 Å². The number of aryl methyl sites for hydroxylation is 1. The van der Waals surface area contributed by atoms with E-state index >= 15 is 0 Å². The van der Waals surface area contributed by atoms with E-state index in [9.17, 15) is 9.59 Å². The minimum absolute atomic E-state index is 0.0520. The van der Waals surface area contributed by atoms with Crippen LogP contribution < -0.4 is 5.32 Å². The summed E-state index contributed by atoms with van der Waals surface area (Å²) in [6, 6.07) is 8.14. The van der Waals surface area contributed by atoms with Crippen molar-refractivity contribution in [3.05, 3.63) is 54.4 Å². The van der Waals surface area contributed by atoms with Crippen LogP contribution in [0.5, 0.6) is 0 Å². The molecule has 31 heavy (non-hydrogen) atoms. The lowest BCUT2D eigenvalue weighted by atomic mass is 10.1. The van der Waals surface area contributed by atoms with E-state index < -0.39 is 0 Å². The minimum Gasteiger partial charge on any atom is -0.351 e. The molecule has 2 amide bonds. The van der Waals surface area contributed by atoms with Crippen LogP contribution in [0.25, 0.3) is 11.0 Å². The van der Waals surface area contributed by atoms with Crippen LogP contribution in [0.3, 0.4) is 0 Å². The number of carbonyl (C=O) groups excluding carboxylic acids is 2. The van der Waals surface area contributed by atoms with Gasteiger partial charge in [-0.25, -0.2) is 9.97 Å². The van der Waals surface area contributed by atoms with Crippen LogP contribution in [0.15, 0.2) is 42.9 Å². The highest BCUT2D eigenvalue weighted by atomic mass is 16.2. The molecule has 0 radical (unpaired) electrons. The van der Waals surface area contributed by atoms with Crippen molar-refractivity contribution in [2.24, 2.45) is 7.05 Å². The Labute approximate surface area is 181 Å². The highest BCUT2D eigenvalue weighted by Gasteiger charge is 2.32. The van der Waals surface area contributed by atoms with Crippen molar-refractivity contribution in [2.45, 2.75) is 44.6 Å². The van der Waals surface area contributed by atoms with E-state index in [0.29, 0.717) is 18.7 Å². The number of likely N-dealkylation sites (tertiary alicyclic amines) is 1. The number of nitrogens with one attached hydrogen (secondary N) is 1. The van der Waals surface area contributed by atoms with Crippen LogP contribution in [0.2, 0.25) is 0 Å². The van der Waals surface area contributed by atoms with E-state index in [-0.39, 0.29) is 17.9 Å². The summed E-state index contributed by atoms with van der Waals surface area (Å²) >= 11 is 0. The van der Waals surface area contributed by atoms with Crippen LogP contribution in [0.4, 0.5) is 0 Å². The Hall–Kier alpha value is -3.29. The van der Waals surface area contributed by atoms with Gasteiger partial charge in [0.25, 0.3) is 5.91 Å². The molecule has 1 atom stereocenters. The molecule has 8 nitrogen and oxygen atoms in total. The van der Waals surface area contributed by atoms with Gasteiger partial charge >= 0.3 is 0 Å². The number of para-hydroxylation sites is 2. The topological polar surface area (TPSA) is 93.0 Å². The molecule has 1 fully saturated rings. The van der Waals surface area contributed by atoms with Gasteiger partial charge in [0.2, 0.25) is 5.91 Å². The molecule has 0 saturated carbocycles. The summed E-state index contributed by atoms with van der Waals surface area (Å²) < 4.78 is 2.12. The number of nitrogens with zero attached hydrogens (tertiary/aromatic N) is 5. The maximum Gasteiger partial charge on any atom is 0.271 e. The Kier molecular flexibility index (Phi) is 6.54. The first kappa shape index (κ1) is 21.0. The van der Waals surface area contributed by atoms with E-state index in [2.05, 4.69) is 25.9 Å². The first-order valence-electron chi connectivity index (χ1n) is 10.9. The molecule has 1 N–H and O–H groups in total. The van der Waals surface area contributed by atoms with Gasteiger partial charge in [-0.05, 0) is 37.8 Å². The Morgan fingerprint density at radius 1 is 1.16 bits per heavy atom. The molecular formula is C23H28N6O2. The zero-order chi connectivity index (χ0) is 21.6. The summed E-state index contributed by atoms with van der Waals surface area (Å²) in [5, 5.41) is 2.84. The summed E-state index contributed by atoms with van der Waals surface area (Å²) in [5.74, 6) is 0.948. The molecule has 4 rings (SSSR count). The number of amides is 2. The molecule has 2 aromatic heterocycles. The Bertz CT molecular complexity index is 1050. The zero-order valence-electron chi connectivity index (χ0n) is 17.8. The molecule has 1 aliphatic heterocycles. The van der Waals surface area contributed by atoms with E-state index in [1.165, 1.54) is 18.6 Å². The first-order valence-corrected chi connectivity index (χ1v) is 10.9. The third-order valence-electron chi connectivity index (χ3n) is 5.84. The summed E-state index contributed by atoms with van der Waals surface area (Å²) in [5.41, 5.74) is 2.39. The standard InChI is InChI=1S/C23H28N6O2/c1-28-19-9-5-4-8-17(19)27-22(28)20-10-7-15-29(20)21(30)11-3-2-6-12-26-23(31)18-16-24-13-14-25-18/h4-5,8-9,13-14,16,20H,2-3,6-7,10-12,15H2,1H3,(H,26,31)/t20-/m0/s1. The number of hydrogen-bond acceptors (Lipinski definition) is 5. The SMILES string of the molecule is Cn1c([C@@H]2CCCN2C(=O)CCCCCNC(=O)c2cnccn2)nc2ccccc21. The van der Waals surface area contributed by atoms with Crippen LogP contribution in [-0.2, 0) is 11.8 Å². The highest BCUT2D eigenvalue weighted by Crippen LogP contribution is 2.33. The highest BCUT2D eigenvalue weighted by molar-refractivity contribution is 5.91. The summed E-state index contributed by atoms with van der Waals surface area (Å²) in [6.45, 7) is 1.36. The predicted octanol–water partition coefficient (Wildman–Crippen LogP) is 3.02. The number of hydrogen-bond donors (Lipinski definition) is 1. The maximum atomic E-state index is 12.9. The van der Waals surface area contributed by atoms with Crippen LogP contribution in [0, 0.1) is 0 Å². The van der Waals surface area contributed by atoms with E-state index in [1.54, 1.807) is 0 Å². The second kappa shape index (κ2) is 9.68. The molecule has 8 heteroatoms. The molecule has 1 aliphatic rings. The number of aromatic nitrogens is 4. The third kappa shape index (κ3) is 4.73. The van der Waals surface area contributed by atoms with Gasteiger partial charge in [0.1, 0.15) is 11.5 Å². The lowest BCUT2D eigenvalue weighted by Crippen LogP contribution is -2.31. The molecule has 3 aromatic rings. The van der Waals surface area contributed by atoms with Crippen LogP contribution in [-0.4, -0.2) is 49.3 Å². The minimum atomic E-state index is -0.216. The fourth-order valence-corrected chi connectivity index (χ4v) is 4.23. The van der Waals surface area contributed by atoms with Gasteiger partial charge in [-0.2, -0.15) is 0 Å². The van der Waals surface area contributed by atoms with Crippen LogP contribution in [0.1, 0.15) is 60.9 Å². The fourth-order valence-electron chi connectivity index (χ4n) is 4.23. The smallest absolute Gasteiger partial charge is 0.271 e. The Balaban J connectivity index is 1.24. The van der Waals surface area contributed by atoms with E-state index in [4.69, 9.17) is 4.98 Å². The number of fused-ring (bicyclic) bond motifs is 1. The van der Waals surface area contributed by atoms with Crippen molar-refractivity contribution < 1.29 is 9.59 Å². The predicted molar refractivity (Wildman–Crippen MR) is 117 cm³/mol. The summed E-state index contributed by atoms with van der Waals surface area (Å²) in [7, 11) is 2.03. The Morgan fingerprint density at radius 3 is 2.84 bits per heavy atom. The molecule has 1 aromatic carbocycles. The zero-order valence-corrected chi connectivity index (χ0v) is 17.8. The van der Waals surface area contributed by atoms with Crippen LogP contribution >= 0.6 is 0 Å². The summed E-state index contributed by atoms with van der Waals surface area (Å²) in [4.78, 5) is 39.5. The quantitative estimate of drug-likeness (QED) is 0.566. The second-order valence-electron chi connectivity index (χ2n) is 7.92. The summed E-state index contributed by atoms with van der Waals surface area (Å²) in [6.07, 6.45) is 9.50. The second-order valence-corrected chi connectivity index (χ2v) is 7.92.